The van der Waals surface area contributed by atoms with Gasteiger partial charge in [0.1, 0.15) is 5.82 Å². The van der Waals surface area contributed by atoms with Crippen molar-refractivity contribution in [2.45, 2.75) is 32.7 Å². The maximum absolute atomic E-state index is 13.5. The molecule has 0 radical (unpaired) electrons. The Morgan fingerprint density at radius 3 is 2.40 bits per heavy atom. The SMILES string of the molecule is CCCc1ccc(C(NC)c2cc(F)ccc2C)cc1. The van der Waals surface area contributed by atoms with Crippen molar-refractivity contribution >= 4 is 0 Å². The van der Waals surface area contributed by atoms with Crippen LogP contribution in [-0.4, -0.2) is 7.05 Å². The van der Waals surface area contributed by atoms with Gasteiger partial charge in [-0.1, -0.05) is 43.7 Å². The van der Waals surface area contributed by atoms with Crippen LogP contribution >= 0.6 is 0 Å². The molecule has 1 nitrogen and oxygen atoms in total. The molecule has 20 heavy (non-hydrogen) atoms. The molecule has 1 atom stereocenters. The second kappa shape index (κ2) is 6.67. The third-order valence-electron chi connectivity index (χ3n) is 3.69. The summed E-state index contributed by atoms with van der Waals surface area (Å²) >= 11 is 0. The van der Waals surface area contributed by atoms with E-state index in [1.165, 1.54) is 17.2 Å². The standard InChI is InChI=1S/C18H22FN/c1-4-5-14-7-9-15(10-8-14)18(20-3)17-12-16(19)11-6-13(17)2/h6-12,18,20H,4-5H2,1-3H3. The monoisotopic (exact) mass is 271 g/mol. The van der Waals surface area contributed by atoms with Crippen LogP contribution in [0, 0.1) is 12.7 Å². The van der Waals surface area contributed by atoms with Crippen LogP contribution < -0.4 is 5.32 Å². The average molecular weight is 271 g/mol. The molecule has 106 valence electrons. The van der Waals surface area contributed by atoms with Crippen LogP contribution in [0.4, 0.5) is 4.39 Å². The van der Waals surface area contributed by atoms with Crippen LogP contribution in [0.1, 0.15) is 41.6 Å². The Kier molecular flexibility index (Phi) is 4.91. The van der Waals surface area contributed by atoms with Gasteiger partial charge >= 0.3 is 0 Å². The summed E-state index contributed by atoms with van der Waals surface area (Å²) in [5, 5.41) is 3.29. The fourth-order valence-corrected chi connectivity index (χ4v) is 2.59. The molecule has 1 N–H and O–H groups in total. The van der Waals surface area contributed by atoms with E-state index < -0.39 is 0 Å². The smallest absolute Gasteiger partial charge is 0.123 e. The topological polar surface area (TPSA) is 12.0 Å². The van der Waals surface area contributed by atoms with E-state index in [1.807, 2.05) is 20.0 Å². The molecule has 2 aromatic carbocycles. The van der Waals surface area contributed by atoms with Crippen molar-refractivity contribution in [1.29, 1.82) is 0 Å². The zero-order chi connectivity index (χ0) is 14.5. The van der Waals surface area contributed by atoms with Gasteiger partial charge in [-0.3, -0.25) is 0 Å². The number of aryl methyl sites for hydroxylation is 2. The van der Waals surface area contributed by atoms with Crippen molar-refractivity contribution in [3.8, 4) is 0 Å². The van der Waals surface area contributed by atoms with Gasteiger partial charge in [0.05, 0.1) is 6.04 Å². The lowest BCUT2D eigenvalue weighted by molar-refractivity contribution is 0.615. The minimum Gasteiger partial charge on any atom is -0.309 e. The van der Waals surface area contributed by atoms with E-state index in [4.69, 9.17) is 0 Å². The number of hydrogen-bond acceptors (Lipinski definition) is 1. The maximum Gasteiger partial charge on any atom is 0.123 e. The Labute approximate surface area is 120 Å². The predicted molar refractivity (Wildman–Crippen MR) is 82.5 cm³/mol. The Morgan fingerprint density at radius 1 is 1.10 bits per heavy atom. The van der Waals surface area contributed by atoms with Gasteiger partial charge < -0.3 is 5.32 Å². The van der Waals surface area contributed by atoms with E-state index >= 15 is 0 Å². The maximum atomic E-state index is 13.5. The van der Waals surface area contributed by atoms with Crippen molar-refractivity contribution in [2.75, 3.05) is 7.05 Å². The zero-order valence-electron chi connectivity index (χ0n) is 12.4. The van der Waals surface area contributed by atoms with E-state index in [0.717, 1.165) is 24.0 Å². The first-order valence-corrected chi connectivity index (χ1v) is 7.18. The van der Waals surface area contributed by atoms with Crippen LogP contribution in [0.3, 0.4) is 0 Å². The van der Waals surface area contributed by atoms with Crippen LogP contribution in [0.5, 0.6) is 0 Å². The van der Waals surface area contributed by atoms with Crippen molar-refractivity contribution < 1.29 is 4.39 Å². The predicted octanol–water partition coefficient (Wildman–Crippen LogP) is 4.40. The van der Waals surface area contributed by atoms with Crippen molar-refractivity contribution in [3.05, 3.63) is 70.5 Å². The lowest BCUT2D eigenvalue weighted by Gasteiger charge is -2.20. The summed E-state index contributed by atoms with van der Waals surface area (Å²) in [6.45, 7) is 4.20. The highest BCUT2D eigenvalue weighted by Gasteiger charge is 2.14. The van der Waals surface area contributed by atoms with Crippen LogP contribution in [0.2, 0.25) is 0 Å². The Bertz CT molecular complexity index is 560. The Hall–Kier alpha value is -1.67. The lowest BCUT2D eigenvalue weighted by atomic mass is 9.94. The van der Waals surface area contributed by atoms with Gasteiger partial charge in [0.2, 0.25) is 0 Å². The third-order valence-corrected chi connectivity index (χ3v) is 3.69. The summed E-state index contributed by atoms with van der Waals surface area (Å²) < 4.78 is 13.5. The summed E-state index contributed by atoms with van der Waals surface area (Å²) in [4.78, 5) is 0. The summed E-state index contributed by atoms with van der Waals surface area (Å²) in [5.41, 5.74) is 4.61. The second-order valence-electron chi connectivity index (χ2n) is 5.21. The van der Waals surface area contributed by atoms with Gasteiger partial charge in [-0.25, -0.2) is 4.39 Å². The second-order valence-corrected chi connectivity index (χ2v) is 5.21. The number of hydrogen-bond donors (Lipinski definition) is 1. The molecule has 0 saturated carbocycles. The summed E-state index contributed by atoms with van der Waals surface area (Å²) in [5.74, 6) is -0.187. The van der Waals surface area contributed by atoms with Gasteiger partial charge in [0, 0.05) is 0 Å². The molecule has 2 aromatic rings. The van der Waals surface area contributed by atoms with Gasteiger partial charge in [-0.05, 0) is 54.8 Å². The van der Waals surface area contributed by atoms with Gasteiger partial charge in [-0.2, -0.15) is 0 Å². The minimum absolute atomic E-state index is 0.0291. The van der Waals surface area contributed by atoms with E-state index in [-0.39, 0.29) is 11.9 Å². The molecule has 0 fully saturated rings. The molecule has 0 aromatic heterocycles. The fourth-order valence-electron chi connectivity index (χ4n) is 2.59. The molecule has 0 aliphatic rings. The van der Waals surface area contributed by atoms with Gasteiger partial charge in [0.25, 0.3) is 0 Å². The number of rotatable bonds is 5. The molecule has 0 heterocycles. The highest BCUT2D eigenvalue weighted by molar-refractivity contribution is 5.38. The molecule has 0 amide bonds. The quantitative estimate of drug-likeness (QED) is 0.850. The number of halogens is 1. The minimum atomic E-state index is -0.187. The fraction of sp³-hybridized carbons (Fsp3) is 0.333. The van der Waals surface area contributed by atoms with Crippen molar-refractivity contribution in [3.63, 3.8) is 0 Å². The molecule has 0 bridgehead atoms. The first-order chi connectivity index (χ1) is 9.65. The molecule has 0 aliphatic carbocycles. The number of nitrogens with one attached hydrogen (secondary N) is 1. The number of benzene rings is 2. The van der Waals surface area contributed by atoms with Gasteiger partial charge in [-0.15, -0.1) is 0 Å². The van der Waals surface area contributed by atoms with E-state index in [1.54, 1.807) is 6.07 Å². The van der Waals surface area contributed by atoms with Gasteiger partial charge in [0.15, 0.2) is 0 Å². The highest BCUT2D eigenvalue weighted by atomic mass is 19.1. The van der Waals surface area contributed by atoms with E-state index in [2.05, 4.69) is 36.5 Å². The average Bonchev–Trinajstić information content (AvgIpc) is 2.45. The third kappa shape index (κ3) is 3.26. The molecule has 0 spiro atoms. The van der Waals surface area contributed by atoms with E-state index in [9.17, 15) is 4.39 Å². The molecule has 2 heteroatoms. The van der Waals surface area contributed by atoms with E-state index in [0.29, 0.717) is 0 Å². The largest absolute Gasteiger partial charge is 0.309 e. The molecule has 0 aliphatic heterocycles. The Morgan fingerprint density at radius 2 is 1.80 bits per heavy atom. The molecule has 2 rings (SSSR count). The lowest BCUT2D eigenvalue weighted by Crippen LogP contribution is -2.18. The molecule has 1 unspecified atom stereocenters. The van der Waals surface area contributed by atoms with Crippen LogP contribution in [0.25, 0.3) is 0 Å². The van der Waals surface area contributed by atoms with Crippen LogP contribution in [-0.2, 0) is 6.42 Å². The molecular weight excluding hydrogens is 249 g/mol. The normalized spacial score (nSPS) is 12.4. The highest BCUT2D eigenvalue weighted by Crippen LogP contribution is 2.25. The Balaban J connectivity index is 2.34. The zero-order valence-corrected chi connectivity index (χ0v) is 12.4. The van der Waals surface area contributed by atoms with Crippen molar-refractivity contribution in [1.82, 2.24) is 5.32 Å². The van der Waals surface area contributed by atoms with Crippen molar-refractivity contribution in [2.24, 2.45) is 0 Å². The first-order valence-electron chi connectivity index (χ1n) is 7.18. The summed E-state index contributed by atoms with van der Waals surface area (Å²) in [7, 11) is 1.91. The molecule has 0 saturated heterocycles. The summed E-state index contributed by atoms with van der Waals surface area (Å²) in [6, 6.07) is 13.6. The van der Waals surface area contributed by atoms with Crippen LogP contribution in [0.15, 0.2) is 42.5 Å². The molecular formula is C18H22FN. The first kappa shape index (κ1) is 14.7. The summed E-state index contributed by atoms with van der Waals surface area (Å²) in [6.07, 6.45) is 2.25.